The summed E-state index contributed by atoms with van der Waals surface area (Å²) in [6, 6.07) is 1.84. The van der Waals surface area contributed by atoms with Gasteiger partial charge < -0.3 is 15.4 Å². The lowest BCUT2D eigenvalue weighted by Crippen LogP contribution is -2.51. The van der Waals surface area contributed by atoms with Crippen LogP contribution in [0.25, 0.3) is 0 Å². The van der Waals surface area contributed by atoms with Gasteiger partial charge in [-0.3, -0.25) is 9.78 Å². The zero-order chi connectivity index (χ0) is 14.4. The van der Waals surface area contributed by atoms with Crippen LogP contribution in [0.15, 0.2) is 18.5 Å². The number of aromatic nitrogens is 1. The SMILES string of the molecule is CCCNc1ccncc1C(=O)NC1(C)CCCOC1. The Labute approximate surface area is 120 Å². The van der Waals surface area contributed by atoms with Crippen molar-refractivity contribution in [3.8, 4) is 0 Å². The van der Waals surface area contributed by atoms with Crippen LogP contribution in [0, 0.1) is 0 Å². The van der Waals surface area contributed by atoms with E-state index in [1.165, 1.54) is 0 Å². The second-order valence-corrected chi connectivity index (χ2v) is 5.52. The maximum Gasteiger partial charge on any atom is 0.255 e. The molecule has 1 unspecified atom stereocenters. The van der Waals surface area contributed by atoms with Gasteiger partial charge in [0.05, 0.1) is 23.4 Å². The lowest BCUT2D eigenvalue weighted by atomic mass is 9.94. The fraction of sp³-hybridized carbons (Fsp3) is 0.600. The van der Waals surface area contributed by atoms with E-state index in [-0.39, 0.29) is 11.4 Å². The van der Waals surface area contributed by atoms with E-state index in [9.17, 15) is 4.79 Å². The van der Waals surface area contributed by atoms with Gasteiger partial charge in [0.1, 0.15) is 0 Å². The Balaban J connectivity index is 2.08. The average Bonchev–Trinajstić information content (AvgIpc) is 2.45. The highest BCUT2D eigenvalue weighted by Gasteiger charge is 2.30. The van der Waals surface area contributed by atoms with Crippen LogP contribution >= 0.6 is 0 Å². The second-order valence-electron chi connectivity index (χ2n) is 5.52. The van der Waals surface area contributed by atoms with Crippen molar-refractivity contribution in [1.82, 2.24) is 10.3 Å². The summed E-state index contributed by atoms with van der Waals surface area (Å²) in [4.78, 5) is 16.5. The molecule has 0 radical (unpaired) electrons. The van der Waals surface area contributed by atoms with E-state index >= 15 is 0 Å². The molecule has 1 amide bonds. The van der Waals surface area contributed by atoms with Gasteiger partial charge in [-0.25, -0.2) is 0 Å². The molecule has 2 N–H and O–H groups in total. The number of nitrogens with one attached hydrogen (secondary N) is 2. The van der Waals surface area contributed by atoms with Crippen molar-refractivity contribution >= 4 is 11.6 Å². The molecule has 1 saturated heterocycles. The molecule has 2 heterocycles. The summed E-state index contributed by atoms with van der Waals surface area (Å²) in [6.45, 7) is 6.30. The number of rotatable bonds is 5. The van der Waals surface area contributed by atoms with Crippen LogP contribution in [-0.4, -0.2) is 36.2 Å². The lowest BCUT2D eigenvalue weighted by Gasteiger charge is -2.34. The van der Waals surface area contributed by atoms with Crippen molar-refractivity contribution in [2.24, 2.45) is 0 Å². The third-order valence-electron chi connectivity index (χ3n) is 3.48. The summed E-state index contributed by atoms with van der Waals surface area (Å²) in [5.41, 5.74) is 1.14. The minimum absolute atomic E-state index is 0.0929. The molecule has 1 atom stereocenters. The van der Waals surface area contributed by atoms with Crippen molar-refractivity contribution in [1.29, 1.82) is 0 Å². The molecular formula is C15H23N3O2. The molecule has 0 saturated carbocycles. The first-order chi connectivity index (χ1) is 9.64. The lowest BCUT2D eigenvalue weighted by molar-refractivity contribution is 0.0273. The van der Waals surface area contributed by atoms with Gasteiger partial charge in [-0.1, -0.05) is 6.92 Å². The molecular weight excluding hydrogens is 254 g/mol. The molecule has 0 aromatic carbocycles. The van der Waals surface area contributed by atoms with E-state index in [4.69, 9.17) is 4.74 Å². The molecule has 20 heavy (non-hydrogen) atoms. The van der Waals surface area contributed by atoms with Crippen LogP contribution in [0.4, 0.5) is 5.69 Å². The number of pyridine rings is 1. The quantitative estimate of drug-likeness (QED) is 0.866. The third-order valence-corrected chi connectivity index (χ3v) is 3.48. The molecule has 0 bridgehead atoms. The van der Waals surface area contributed by atoms with E-state index in [0.717, 1.165) is 38.1 Å². The molecule has 1 fully saturated rings. The van der Waals surface area contributed by atoms with Gasteiger partial charge in [0.2, 0.25) is 0 Å². The number of amides is 1. The van der Waals surface area contributed by atoms with Crippen molar-refractivity contribution in [2.75, 3.05) is 25.1 Å². The molecule has 1 aliphatic rings. The number of hydrogen-bond acceptors (Lipinski definition) is 4. The highest BCUT2D eigenvalue weighted by Crippen LogP contribution is 2.20. The van der Waals surface area contributed by atoms with Crippen molar-refractivity contribution < 1.29 is 9.53 Å². The first-order valence-corrected chi connectivity index (χ1v) is 7.23. The van der Waals surface area contributed by atoms with Gasteiger partial charge >= 0.3 is 0 Å². The molecule has 0 spiro atoms. The molecule has 5 nitrogen and oxygen atoms in total. The topological polar surface area (TPSA) is 63.2 Å². The van der Waals surface area contributed by atoms with Gasteiger partial charge in [-0.05, 0) is 32.3 Å². The van der Waals surface area contributed by atoms with Gasteiger partial charge in [-0.15, -0.1) is 0 Å². The second kappa shape index (κ2) is 6.70. The van der Waals surface area contributed by atoms with Crippen LogP contribution in [0.5, 0.6) is 0 Å². The number of ether oxygens (including phenoxy) is 1. The van der Waals surface area contributed by atoms with E-state index in [0.29, 0.717) is 12.2 Å². The number of carbonyl (C=O) groups is 1. The standard InChI is InChI=1S/C15H23N3O2/c1-3-7-17-13-5-8-16-10-12(13)14(19)18-15(2)6-4-9-20-11-15/h5,8,10H,3-4,6-7,9,11H2,1-2H3,(H,16,17)(H,18,19). The molecule has 5 heteroatoms. The zero-order valence-corrected chi connectivity index (χ0v) is 12.2. The summed E-state index contributed by atoms with van der Waals surface area (Å²) < 4.78 is 5.47. The van der Waals surface area contributed by atoms with Crippen molar-refractivity contribution in [3.63, 3.8) is 0 Å². The van der Waals surface area contributed by atoms with E-state index in [2.05, 4.69) is 22.5 Å². The fourth-order valence-corrected chi connectivity index (χ4v) is 2.36. The van der Waals surface area contributed by atoms with Crippen LogP contribution in [-0.2, 0) is 4.74 Å². The Kier molecular flexibility index (Phi) is 4.95. The van der Waals surface area contributed by atoms with Crippen molar-refractivity contribution in [3.05, 3.63) is 24.0 Å². The first-order valence-electron chi connectivity index (χ1n) is 7.23. The summed E-state index contributed by atoms with van der Waals surface area (Å²) in [6.07, 6.45) is 6.23. The van der Waals surface area contributed by atoms with Gasteiger partial charge in [0.25, 0.3) is 5.91 Å². The summed E-state index contributed by atoms with van der Waals surface area (Å²) in [5, 5.41) is 6.35. The molecule has 1 aliphatic heterocycles. The molecule has 0 aliphatic carbocycles. The highest BCUT2D eigenvalue weighted by atomic mass is 16.5. The Morgan fingerprint density at radius 1 is 1.55 bits per heavy atom. The molecule has 1 aromatic rings. The largest absolute Gasteiger partial charge is 0.384 e. The van der Waals surface area contributed by atoms with Crippen molar-refractivity contribution in [2.45, 2.75) is 38.6 Å². The molecule has 110 valence electrons. The van der Waals surface area contributed by atoms with E-state index in [1.54, 1.807) is 12.4 Å². The number of anilines is 1. The van der Waals surface area contributed by atoms with Crippen LogP contribution in [0.2, 0.25) is 0 Å². The Hall–Kier alpha value is -1.62. The Morgan fingerprint density at radius 3 is 3.10 bits per heavy atom. The smallest absolute Gasteiger partial charge is 0.255 e. The molecule has 1 aromatic heterocycles. The van der Waals surface area contributed by atoms with Gasteiger partial charge in [-0.2, -0.15) is 0 Å². The highest BCUT2D eigenvalue weighted by molar-refractivity contribution is 5.99. The van der Waals surface area contributed by atoms with Gasteiger partial charge in [0, 0.05) is 25.5 Å². The predicted molar refractivity (Wildman–Crippen MR) is 78.9 cm³/mol. The monoisotopic (exact) mass is 277 g/mol. The maximum absolute atomic E-state index is 12.5. The van der Waals surface area contributed by atoms with Crippen LogP contribution < -0.4 is 10.6 Å². The third kappa shape index (κ3) is 3.70. The number of hydrogen-bond donors (Lipinski definition) is 2. The van der Waals surface area contributed by atoms with Crippen LogP contribution in [0.3, 0.4) is 0 Å². The van der Waals surface area contributed by atoms with E-state index in [1.807, 2.05) is 13.0 Å². The summed E-state index contributed by atoms with van der Waals surface area (Å²) in [5.74, 6) is -0.0929. The zero-order valence-electron chi connectivity index (χ0n) is 12.2. The van der Waals surface area contributed by atoms with Gasteiger partial charge in [0.15, 0.2) is 0 Å². The normalized spacial score (nSPS) is 22.3. The van der Waals surface area contributed by atoms with Crippen LogP contribution in [0.1, 0.15) is 43.5 Å². The molecule has 2 rings (SSSR count). The number of carbonyl (C=O) groups excluding carboxylic acids is 1. The average molecular weight is 277 g/mol. The van der Waals surface area contributed by atoms with E-state index < -0.39 is 0 Å². The minimum Gasteiger partial charge on any atom is -0.384 e. The number of nitrogens with zero attached hydrogens (tertiary/aromatic N) is 1. The Bertz CT molecular complexity index is 456. The minimum atomic E-state index is -0.285. The first kappa shape index (κ1) is 14.8. The summed E-state index contributed by atoms with van der Waals surface area (Å²) in [7, 11) is 0. The summed E-state index contributed by atoms with van der Waals surface area (Å²) >= 11 is 0. The predicted octanol–water partition coefficient (Wildman–Crippen LogP) is 2.20. The fourth-order valence-electron chi connectivity index (χ4n) is 2.36. The Morgan fingerprint density at radius 2 is 2.40 bits per heavy atom. The maximum atomic E-state index is 12.5.